The van der Waals surface area contributed by atoms with Gasteiger partial charge in [0.25, 0.3) is 0 Å². The molecule has 1 atom stereocenters. The minimum Gasteiger partial charge on any atom is -0.396 e. The summed E-state index contributed by atoms with van der Waals surface area (Å²) in [5.74, 6) is 6.70. The Morgan fingerprint density at radius 2 is 2.20 bits per heavy atom. The van der Waals surface area contributed by atoms with Crippen LogP contribution in [0.2, 0.25) is 0 Å². The molecule has 1 aromatic heterocycles. The minimum absolute atomic E-state index is 0.130. The number of piperidine rings is 1. The van der Waals surface area contributed by atoms with E-state index < -0.39 is 0 Å². The lowest BCUT2D eigenvalue weighted by molar-refractivity contribution is 0.143. The predicted molar refractivity (Wildman–Crippen MR) is 82.6 cm³/mol. The Morgan fingerprint density at radius 3 is 3.00 bits per heavy atom. The number of hydrogen-bond acceptors (Lipinski definition) is 4. The van der Waals surface area contributed by atoms with E-state index in [1.54, 1.807) is 11.3 Å². The average Bonchev–Trinajstić information content (AvgIpc) is 2.87. The van der Waals surface area contributed by atoms with Gasteiger partial charge >= 0.3 is 0 Å². The van der Waals surface area contributed by atoms with Crippen LogP contribution >= 0.6 is 11.3 Å². The number of thiophene rings is 1. The van der Waals surface area contributed by atoms with E-state index in [0.29, 0.717) is 18.9 Å². The number of likely N-dealkylation sites (tertiary alicyclic amines) is 1. The van der Waals surface area contributed by atoms with E-state index in [2.05, 4.69) is 28.9 Å². The second kappa shape index (κ2) is 8.43. The summed E-state index contributed by atoms with van der Waals surface area (Å²) in [7, 11) is 0. The van der Waals surface area contributed by atoms with E-state index in [9.17, 15) is 0 Å². The first-order valence-corrected chi connectivity index (χ1v) is 8.15. The highest BCUT2D eigenvalue weighted by atomic mass is 32.1. The molecule has 0 spiro atoms. The summed E-state index contributed by atoms with van der Waals surface area (Å²) in [5.41, 5.74) is 0. The molecule has 3 nitrogen and oxygen atoms in total. The summed E-state index contributed by atoms with van der Waals surface area (Å²) in [4.78, 5) is 4.92. The normalized spacial score (nSPS) is 19.6. The number of rotatable bonds is 5. The Morgan fingerprint density at radius 1 is 1.30 bits per heavy atom. The molecule has 110 valence electrons. The third kappa shape index (κ3) is 4.92. The van der Waals surface area contributed by atoms with Crippen LogP contribution in [0.1, 0.15) is 35.4 Å². The largest absolute Gasteiger partial charge is 0.396 e. The fourth-order valence-corrected chi connectivity index (χ4v) is 3.59. The molecule has 0 saturated carbocycles. The van der Waals surface area contributed by atoms with Crippen molar-refractivity contribution in [1.82, 2.24) is 4.90 Å². The van der Waals surface area contributed by atoms with Gasteiger partial charge in [-0.2, -0.15) is 0 Å². The lowest BCUT2D eigenvalue weighted by Gasteiger charge is -2.32. The molecule has 1 aromatic rings. The van der Waals surface area contributed by atoms with Gasteiger partial charge in [0.2, 0.25) is 0 Å². The molecule has 2 N–H and O–H groups in total. The summed E-state index contributed by atoms with van der Waals surface area (Å²) in [6, 6.07) is 4.23. The smallest absolute Gasteiger partial charge is 0.0771 e. The van der Waals surface area contributed by atoms with Crippen LogP contribution in [0, 0.1) is 17.8 Å². The summed E-state index contributed by atoms with van der Waals surface area (Å²) in [5, 5.41) is 17.8. The topological polar surface area (TPSA) is 43.7 Å². The van der Waals surface area contributed by atoms with Crippen LogP contribution in [0.15, 0.2) is 12.1 Å². The van der Waals surface area contributed by atoms with E-state index >= 15 is 0 Å². The van der Waals surface area contributed by atoms with Crippen LogP contribution in [0.5, 0.6) is 0 Å². The lowest BCUT2D eigenvalue weighted by Crippen LogP contribution is -2.35. The maximum atomic E-state index is 9.05. The molecule has 0 aromatic carbocycles. The molecule has 0 aliphatic carbocycles. The van der Waals surface area contributed by atoms with Crippen LogP contribution in [-0.4, -0.2) is 41.4 Å². The van der Waals surface area contributed by atoms with Crippen molar-refractivity contribution in [2.24, 2.45) is 5.92 Å². The number of nitrogens with zero attached hydrogens (tertiary/aromatic N) is 1. The Hall–Kier alpha value is -0.860. The van der Waals surface area contributed by atoms with Gasteiger partial charge in [0, 0.05) is 31.0 Å². The summed E-state index contributed by atoms with van der Waals surface area (Å²) in [6.45, 7) is 3.69. The minimum atomic E-state index is 0.130. The molecule has 1 fully saturated rings. The molecule has 1 aliphatic rings. The summed E-state index contributed by atoms with van der Waals surface area (Å²) >= 11 is 1.75. The van der Waals surface area contributed by atoms with E-state index in [1.807, 2.05) is 0 Å². The quantitative estimate of drug-likeness (QED) is 0.817. The molecule has 20 heavy (non-hydrogen) atoms. The number of aliphatic hydroxyl groups is 2. The number of hydrogen-bond donors (Lipinski definition) is 2. The fraction of sp³-hybridized carbons (Fsp3) is 0.625. The standard InChI is InChI=1S/C16H23NO2S/c18-10-2-1-5-15-6-7-16(20-15)13-17-9-3-4-14(12-17)8-11-19/h6-7,14,18-19H,2-4,8-13H2. The third-order valence-electron chi connectivity index (χ3n) is 3.63. The molecular weight excluding hydrogens is 270 g/mol. The van der Waals surface area contributed by atoms with E-state index in [4.69, 9.17) is 10.2 Å². The van der Waals surface area contributed by atoms with Gasteiger partial charge in [-0.25, -0.2) is 0 Å². The monoisotopic (exact) mass is 293 g/mol. The SMILES string of the molecule is OCCC#Cc1ccc(CN2CCCC(CCO)C2)s1. The number of aliphatic hydroxyl groups excluding tert-OH is 2. The molecule has 1 saturated heterocycles. The molecule has 0 radical (unpaired) electrons. The highest BCUT2D eigenvalue weighted by Crippen LogP contribution is 2.23. The van der Waals surface area contributed by atoms with Gasteiger partial charge in [0.15, 0.2) is 0 Å². The summed E-state index contributed by atoms with van der Waals surface area (Å²) < 4.78 is 0. The predicted octanol–water partition coefficient (Wildman–Crippen LogP) is 2.08. The first-order chi connectivity index (χ1) is 9.81. The zero-order valence-electron chi connectivity index (χ0n) is 11.8. The van der Waals surface area contributed by atoms with Gasteiger partial charge in [-0.05, 0) is 43.9 Å². The highest BCUT2D eigenvalue weighted by Gasteiger charge is 2.19. The van der Waals surface area contributed by atoms with Crippen LogP contribution < -0.4 is 0 Å². The first kappa shape index (κ1) is 15.5. The van der Waals surface area contributed by atoms with Gasteiger partial charge in [-0.15, -0.1) is 11.3 Å². The molecule has 2 rings (SSSR count). The van der Waals surface area contributed by atoms with Crippen molar-refractivity contribution in [2.45, 2.75) is 32.2 Å². The van der Waals surface area contributed by atoms with Gasteiger partial charge in [-0.1, -0.05) is 11.8 Å². The highest BCUT2D eigenvalue weighted by molar-refractivity contribution is 7.12. The van der Waals surface area contributed by atoms with Crippen molar-refractivity contribution in [1.29, 1.82) is 0 Å². The van der Waals surface area contributed by atoms with Gasteiger partial charge < -0.3 is 10.2 Å². The molecule has 2 heterocycles. The Balaban J connectivity index is 1.85. The molecule has 1 unspecified atom stereocenters. The molecule has 0 bridgehead atoms. The maximum absolute atomic E-state index is 9.05. The molecular formula is C16H23NO2S. The van der Waals surface area contributed by atoms with Crippen molar-refractivity contribution in [3.63, 3.8) is 0 Å². The average molecular weight is 293 g/mol. The second-order valence-corrected chi connectivity index (χ2v) is 6.47. The van der Waals surface area contributed by atoms with Crippen molar-refractivity contribution < 1.29 is 10.2 Å². The van der Waals surface area contributed by atoms with Crippen molar-refractivity contribution in [3.05, 3.63) is 21.9 Å². The van der Waals surface area contributed by atoms with Gasteiger partial charge in [-0.3, -0.25) is 4.90 Å². The van der Waals surface area contributed by atoms with E-state index in [1.165, 1.54) is 17.7 Å². The molecule has 4 heteroatoms. The van der Waals surface area contributed by atoms with E-state index in [-0.39, 0.29) is 6.61 Å². The Labute approximate surface area is 125 Å². The fourth-order valence-electron chi connectivity index (χ4n) is 2.67. The first-order valence-electron chi connectivity index (χ1n) is 7.33. The Bertz CT molecular complexity index is 459. The van der Waals surface area contributed by atoms with Crippen LogP contribution in [0.4, 0.5) is 0 Å². The van der Waals surface area contributed by atoms with Crippen molar-refractivity contribution in [3.8, 4) is 11.8 Å². The summed E-state index contributed by atoms with van der Waals surface area (Å²) in [6.07, 6.45) is 3.96. The van der Waals surface area contributed by atoms with Crippen LogP contribution in [0.3, 0.4) is 0 Å². The molecule has 0 amide bonds. The third-order valence-corrected chi connectivity index (χ3v) is 4.62. The Kier molecular flexibility index (Phi) is 6.55. The second-order valence-electron chi connectivity index (χ2n) is 5.30. The van der Waals surface area contributed by atoms with Crippen LogP contribution in [-0.2, 0) is 6.54 Å². The molecule has 1 aliphatic heterocycles. The zero-order chi connectivity index (χ0) is 14.2. The lowest BCUT2D eigenvalue weighted by atomic mass is 9.95. The van der Waals surface area contributed by atoms with Gasteiger partial charge in [0.1, 0.15) is 0 Å². The van der Waals surface area contributed by atoms with Crippen molar-refractivity contribution in [2.75, 3.05) is 26.3 Å². The van der Waals surface area contributed by atoms with Gasteiger partial charge in [0.05, 0.1) is 11.5 Å². The van der Waals surface area contributed by atoms with Crippen LogP contribution in [0.25, 0.3) is 0 Å². The maximum Gasteiger partial charge on any atom is 0.0771 e. The van der Waals surface area contributed by atoms with E-state index in [0.717, 1.165) is 30.9 Å². The zero-order valence-corrected chi connectivity index (χ0v) is 12.7. The van der Waals surface area contributed by atoms with Crippen molar-refractivity contribution >= 4 is 11.3 Å².